The Morgan fingerprint density at radius 3 is 2.50 bits per heavy atom. The Morgan fingerprint density at radius 2 is 2.00 bits per heavy atom. The van der Waals surface area contributed by atoms with E-state index in [0.29, 0.717) is 0 Å². The minimum absolute atomic E-state index is 1.05. The molecule has 0 heterocycles. The fourth-order valence-corrected chi connectivity index (χ4v) is 1.76. The van der Waals surface area contributed by atoms with E-state index in [4.69, 9.17) is 0 Å². The van der Waals surface area contributed by atoms with Crippen LogP contribution in [0.3, 0.4) is 0 Å². The molecule has 0 spiro atoms. The van der Waals surface area contributed by atoms with Crippen LogP contribution in [0.4, 0.5) is 0 Å². The second kappa shape index (κ2) is 1.75. The molecule has 1 atom stereocenters. The van der Waals surface area contributed by atoms with Crippen molar-refractivity contribution in [3.63, 3.8) is 0 Å². The minimum Gasteiger partial charge on any atom is -0.0527 e. The summed E-state index contributed by atoms with van der Waals surface area (Å²) in [5, 5.41) is 0. The maximum absolute atomic E-state index is 2.54. The van der Waals surface area contributed by atoms with E-state index in [0.717, 1.165) is 11.8 Å². The van der Waals surface area contributed by atoms with E-state index in [1.54, 1.807) is 0 Å². The molecule has 1 unspecified atom stereocenters. The van der Waals surface area contributed by atoms with Crippen LogP contribution in [0.25, 0.3) is 0 Å². The topological polar surface area (TPSA) is 0 Å². The summed E-state index contributed by atoms with van der Waals surface area (Å²) >= 11 is 0. The Bertz CT molecular complexity index is 76.0. The van der Waals surface area contributed by atoms with Crippen LogP contribution in [-0.2, 0) is 0 Å². The summed E-state index contributed by atoms with van der Waals surface area (Å²) in [5.74, 6) is 2.19. The third-order valence-electron chi connectivity index (χ3n) is 2.44. The molecule has 2 aliphatic carbocycles. The van der Waals surface area contributed by atoms with Crippen LogP contribution in [0.2, 0.25) is 0 Å². The first-order valence-electron chi connectivity index (χ1n) is 3.80. The van der Waals surface area contributed by atoms with Crippen LogP contribution >= 0.6 is 0 Å². The standard InChI is InChI=1S/C8H13/c1-2-4-7(3-1)8-5-6-8/h3,7-8H,1-2,4-6H2. The third-order valence-corrected chi connectivity index (χ3v) is 2.44. The highest BCUT2D eigenvalue weighted by atomic mass is 14.4. The summed E-state index contributed by atoms with van der Waals surface area (Å²) in [6, 6.07) is 0. The molecule has 0 saturated heterocycles. The average Bonchev–Trinajstić information content (AvgIpc) is 2.49. The number of rotatable bonds is 1. The van der Waals surface area contributed by atoms with Crippen LogP contribution < -0.4 is 0 Å². The highest BCUT2D eigenvalue weighted by Gasteiger charge is 2.32. The second-order valence-corrected chi connectivity index (χ2v) is 3.17. The van der Waals surface area contributed by atoms with Gasteiger partial charge in [0.15, 0.2) is 0 Å². The number of hydrogen-bond acceptors (Lipinski definition) is 0. The van der Waals surface area contributed by atoms with E-state index < -0.39 is 0 Å². The quantitative estimate of drug-likeness (QED) is 0.485. The molecule has 2 rings (SSSR count). The molecular formula is C8H13. The Labute approximate surface area is 51.3 Å². The molecule has 0 aromatic heterocycles. The molecule has 0 N–H and O–H groups in total. The van der Waals surface area contributed by atoms with E-state index in [1.165, 1.54) is 32.1 Å². The predicted octanol–water partition coefficient (Wildman–Crippen LogP) is 2.40. The maximum Gasteiger partial charge on any atom is -0.0352 e. The lowest BCUT2D eigenvalue weighted by Gasteiger charge is -2.02. The van der Waals surface area contributed by atoms with Gasteiger partial charge < -0.3 is 0 Å². The summed E-state index contributed by atoms with van der Waals surface area (Å²) in [6.45, 7) is 0. The van der Waals surface area contributed by atoms with E-state index in [9.17, 15) is 0 Å². The molecule has 1 radical (unpaired) electrons. The SMILES string of the molecule is [CH]1CCCC1C1CC1. The first-order valence-corrected chi connectivity index (χ1v) is 3.80. The third kappa shape index (κ3) is 0.765. The van der Waals surface area contributed by atoms with Gasteiger partial charge in [0, 0.05) is 0 Å². The first kappa shape index (κ1) is 4.84. The summed E-state index contributed by atoms with van der Waals surface area (Å²) in [7, 11) is 0. The van der Waals surface area contributed by atoms with Gasteiger partial charge in [-0.05, 0) is 43.9 Å². The van der Waals surface area contributed by atoms with Crippen molar-refractivity contribution in [2.24, 2.45) is 11.8 Å². The van der Waals surface area contributed by atoms with Crippen molar-refractivity contribution in [3.05, 3.63) is 6.42 Å². The molecule has 2 fully saturated rings. The highest BCUT2D eigenvalue weighted by Crippen LogP contribution is 2.44. The Kier molecular flexibility index (Phi) is 1.06. The van der Waals surface area contributed by atoms with E-state index in [-0.39, 0.29) is 0 Å². The second-order valence-electron chi connectivity index (χ2n) is 3.17. The summed E-state index contributed by atoms with van der Waals surface area (Å²) < 4.78 is 0. The lowest BCUT2D eigenvalue weighted by molar-refractivity contribution is 0.546. The molecule has 0 heteroatoms. The predicted molar refractivity (Wildman–Crippen MR) is 34.4 cm³/mol. The van der Waals surface area contributed by atoms with Gasteiger partial charge in [0.25, 0.3) is 0 Å². The van der Waals surface area contributed by atoms with Crippen LogP contribution in [0.5, 0.6) is 0 Å². The van der Waals surface area contributed by atoms with Crippen molar-refractivity contribution in [1.29, 1.82) is 0 Å². The van der Waals surface area contributed by atoms with Crippen molar-refractivity contribution in [2.75, 3.05) is 0 Å². The van der Waals surface area contributed by atoms with Crippen molar-refractivity contribution in [3.8, 4) is 0 Å². The van der Waals surface area contributed by atoms with Crippen molar-refractivity contribution >= 4 is 0 Å². The van der Waals surface area contributed by atoms with Gasteiger partial charge in [0.2, 0.25) is 0 Å². The fourth-order valence-electron chi connectivity index (χ4n) is 1.76. The van der Waals surface area contributed by atoms with Gasteiger partial charge in [0.05, 0.1) is 0 Å². The van der Waals surface area contributed by atoms with Gasteiger partial charge in [0.1, 0.15) is 0 Å². The molecular weight excluding hydrogens is 96.1 g/mol. The maximum atomic E-state index is 2.54. The molecule has 0 bridgehead atoms. The van der Waals surface area contributed by atoms with Gasteiger partial charge in [-0.1, -0.05) is 6.42 Å². The molecule has 0 aliphatic heterocycles. The monoisotopic (exact) mass is 109 g/mol. The zero-order chi connectivity index (χ0) is 5.40. The van der Waals surface area contributed by atoms with Crippen molar-refractivity contribution in [2.45, 2.75) is 32.1 Å². The van der Waals surface area contributed by atoms with Crippen LogP contribution in [-0.4, -0.2) is 0 Å². The minimum atomic E-state index is 1.05. The van der Waals surface area contributed by atoms with Crippen LogP contribution in [0.15, 0.2) is 0 Å². The lowest BCUT2D eigenvalue weighted by Crippen LogP contribution is -1.94. The Morgan fingerprint density at radius 1 is 1.12 bits per heavy atom. The zero-order valence-electron chi connectivity index (χ0n) is 5.27. The van der Waals surface area contributed by atoms with E-state index in [2.05, 4.69) is 6.42 Å². The number of hydrogen-bond donors (Lipinski definition) is 0. The average molecular weight is 109 g/mol. The van der Waals surface area contributed by atoms with Gasteiger partial charge in [-0.25, -0.2) is 0 Å². The summed E-state index contributed by atoms with van der Waals surface area (Å²) in [4.78, 5) is 0. The summed E-state index contributed by atoms with van der Waals surface area (Å²) in [6.07, 6.45) is 9.98. The Hall–Kier alpha value is 0. The first-order chi connectivity index (χ1) is 3.97. The fraction of sp³-hybridized carbons (Fsp3) is 0.875. The zero-order valence-corrected chi connectivity index (χ0v) is 5.27. The van der Waals surface area contributed by atoms with Gasteiger partial charge in [-0.2, -0.15) is 0 Å². The van der Waals surface area contributed by atoms with Crippen LogP contribution in [0, 0.1) is 18.3 Å². The van der Waals surface area contributed by atoms with Crippen LogP contribution in [0.1, 0.15) is 32.1 Å². The normalized spacial score (nSPS) is 31.5. The molecule has 2 aliphatic rings. The van der Waals surface area contributed by atoms with E-state index >= 15 is 0 Å². The highest BCUT2D eigenvalue weighted by molar-refractivity contribution is 4.93. The van der Waals surface area contributed by atoms with Crippen molar-refractivity contribution in [1.82, 2.24) is 0 Å². The molecule has 0 aromatic carbocycles. The van der Waals surface area contributed by atoms with Crippen molar-refractivity contribution < 1.29 is 0 Å². The Balaban J connectivity index is 1.86. The molecule has 2 saturated carbocycles. The molecule has 45 valence electrons. The molecule has 0 nitrogen and oxygen atoms in total. The lowest BCUT2D eigenvalue weighted by atomic mass is 10.0. The van der Waals surface area contributed by atoms with Gasteiger partial charge in [-0.3, -0.25) is 0 Å². The largest absolute Gasteiger partial charge is 0.0527 e. The van der Waals surface area contributed by atoms with Gasteiger partial charge in [-0.15, -0.1) is 0 Å². The molecule has 0 amide bonds. The molecule has 8 heavy (non-hydrogen) atoms. The van der Waals surface area contributed by atoms with Gasteiger partial charge >= 0.3 is 0 Å². The summed E-state index contributed by atoms with van der Waals surface area (Å²) in [5.41, 5.74) is 0. The molecule has 0 aromatic rings. The smallest absolute Gasteiger partial charge is 0.0352 e. The van der Waals surface area contributed by atoms with E-state index in [1.807, 2.05) is 0 Å².